The summed E-state index contributed by atoms with van der Waals surface area (Å²) >= 11 is 0. The number of rotatable bonds is 7. The van der Waals surface area contributed by atoms with Gasteiger partial charge in [-0.1, -0.05) is 12.1 Å². The summed E-state index contributed by atoms with van der Waals surface area (Å²) < 4.78 is 20.6. The van der Waals surface area contributed by atoms with Crippen molar-refractivity contribution in [2.75, 3.05) is 25.8 Å². The highest BCUT2D eigenvalue weighted by molar-refractivity contribution is 5.99. The van der Waals surface area contributed by atoms with Crippen molar-refractivity contribution in [3.8, 4) is 17.2 Å². The van der Waals surface area contributed by atoms with Crippen LogP contribution in [0.15, 0.2) is 42.5 Å². The van der Waals surface area contributed by atoms with Gasteiger partial charge in [0.1, 0.15) is 12.3 Å². The second kappa shape index (κ2) is 8.96. The van der Waals surface area contributed by atoms with Gasteiger partial charge in [0.25, 0.3) is 11.8 Å². The molecule has 0 aliphatic carbocycles. The van der Waals surface area contributed by atoms with Gasteiger partial charge in [0.2, 0.25) is 6.79 Å². The molecule has 1 heterocycles. The average Bonchev–Trinajstić information content (AvgIpc) is 3.19. The molecule has 1 atom stereocenters. The van der Waals surface area contributed by atoms with Gasteiger partial charge in [-0.2, -0.15) is 0 Å². The Morgan fingerprint density at radius 2 is 1.86 bits per heavy atom. The number of esters is 1. The van der Waals surface area contributed by atoms with Gasteiger partial charge >= 0.3 is 5.97 Å². The van der Waals surface area contributed by atoms with E-state index in [0.717, 1.165) is 0 Å². The van der Waals surface area contributed by atoms with Crippen molar-refractivity contribution in [2.24, 2.45) is 0 Å². The van der Waals surface area contributed by atoms with E-state index in [1.54, 1.807) is 42.5 Å². The molecule has 0 fully saturated rings. The highest BCUT2D eigenvalue weighted by Crippen LogP contribution is 2.34. The summed E-state index contributed by atoms with van der Waals surface area (Å²) in [4.78, 5) is 36.4. The first kappa shape index (κ1) is 20.0. The largest absolute Gasteiger partial charge is 0.496 e. The minimum atomic E-state index is -1.06. The SMILES string of the molecule is COc1ccccc1C(=O)NCC(=O)OC(C)C(=O)Nc1ccc2c(c1)OCO2. The molecule has 2 aromatic rings. The summed E-state index contributed by atoms with van der Waals surface area (Å²) in [5.74, 6) is -0.263. The smallest absolute Gasteiger partial charge is 0.326 e. The number of hydrogen-bond acceptors (Lipinski definition) is 7. The van der Waals surface area contributed by atoms with Gasteiger partial charge in [0, 0.05) is 11.8 Å². The van der Waals surface area contributed by atoms with Gasteiger partial charge in [-0.3, -0.25) is 14.4 Å². The first-order valence-electron chi connectivity index (χ1n) is 8.79. The number of fused-ring (bicyclic) bond motifs is 1. The molecule has 0 spiro atoms. The standard InChI is InChI=1S/C20H20N2O7/c1-12(19(24)22-13-7-8-16-17(9-13)28-11-27-16)29-18(23)10-21-20(25)14-5-3-4-6-15(14)26-2/h3-9,12H,10-11H2,1-2H3,(H,21,25)(H,22,24). The number of amides is 2. The first-order valence-corrected chi connectivity index (χ1v) is 8.79. The fraction of sp³-hybridized carbons (Fsp3) is 0.250. The third-order valence-corrected chi connectivity index (χ3v) is 4.06. The predicted octanol–water partition coefficient (Wildman–Crippen LogP) is 1.72. The zero-order valence-corrected chi connectivity index (χ0v) is 15.9. The number of anilines is 1. The zero-order chi connectivity index (χ0) is 20.8. The molecule has 1 aliphatic heterocycles. The molecule has 9 nitrogen and oxygen atoms in total. The van der Waals surface area contributed by atoms with Gasteiger partial charge in [0.05, 0.1) is 12.7 Å². The highest BCUT2D eigenvalue weighted by atomic mass is 16.7. The van der Waals surface area contributed by atoms with Crippen LogP contribution in [0.1, 0.15) is 17.3 Å². The summed E-state index contributed by atoms with van der Waals surface area (Å²) in [6, 6.07) is 11.5. The van der Waals surface area contributed by atoms with E-state index in [2.05, 4.69) is 10.6 Å². The summed E-state index contributed by atoms with van der Waals surface area (Å²) in [5, 5.41) is 5.07. The Bertz CT molecular complexity index is 929. The van der Waals surface area contributed by atoms with Crippen molar-refractivity contribution in [3.05, 3.63) is 48.0 Å². The molecule has 2 aromatic carbocycles. The van der Waals surface area contributed by atoms with Crippen molar-refractivity contribution in [1.82, 2.24) is 5.32 Å². The van der Waals surface area contributed by atoms with Crippen molar-refractivity contribution < 1.29 is 33.3 Å². The maximum absolute atomic E-state index is 12.2. The Hall–Kier alpha value is -3.75. The van der Waals surface area contributed by atoms with Crippen molar-refractivity contribution in [1.29, 1.82) is 0 Å². The number of para-hydroxylation sites is 1. The van der Waals surface area contributed by atoms with Gasteiger partial charge in [-0.05, 0) is 31.2 Å². The van der Waals surface area contributed by atoms with E-state index in [9.17, 15) is 14.4 Å². The van der Waals surface area contributed by atoms with Crippen molar-refractivity contribution in [2.45, 2.75) is 13.0 Å². The molecule has 0 aromatic heterocycles. The summed E-state index contributed by atoms with van der Waals surface area (Å²) in [7, 11) is 1.45. The van der Waals surface area contributed by atoms with Crippen LogP contribution in [0, 0.1) is 0 Å². The maximum Gasteiger partial charge on any atom is 0.326 e. The van der Waals surface area contributed by atoms with Crippen molar-refractivity contribution >= 4 is 23.5 Å². The minimum Gasteiger partial charge on any atom is -0.496 e. The van der Waals surface area contributed by atoms with Gasteiger partial charge in [0.15, 0.2) is 17.6 Å². The second-order valence-corrected chi connectivity index (χ2v) is 6.07. The van der Waals surface area contributed by atoms with Gasteiger partial charge in [-0.25, -0.2) is 0 Å². The van der Waals surface area contributed by atoms with Crippen LogP contribution < -0.4 is 24.8 Å². The Morgan fingerprint density at radius 3 is 2.66 bits per heavy atom. The lowest BCUT2D eigenvalue weighted by Crippen LogP contribution is -2.35. The van der Waals surface area contributed by atoms with E-state index in [1.807, 2.05) is 0 Å². The Labute approximate surface area is 166 Å². The summed E-state index contributed by atoms with van der Waals surface area (Å²) in [5.41, 5.74) is 0.767. The highest BCUT2D eigenvalue weighted by Gasteiger charge is 2.20. The fourth-order valence-corrected chi connectivity index (χ4v) is 2.59. The molecule has 2 N–H and O–H groups in total. The van der Waals surface area contributed by atoms with E-state index in [1.165, 1.54) is 14.0 Å². The summed E-state index contributed by atoms with van der Waals surface area (Å²) in [6.45, 7) is 1.17. The number of nitrogens with one attached hydrogen (secondary N) is 2. The average molecular weight is 400 g/mol. The molecule has 0 saturated heterocycles. The lowest BCUT2D eigenvalue weighted by atomic mass is 10.2. The first-order chi connectivity index (χ1) is 14.0. The minimum absolute atomic E-state index is 0.126. The van der Waals surface area contributed by atoms with Gasteiger partial charge < -0.3 is 29.6 Å². The molecule has 1 unspecified atom stereocenters. The Morgan fingerprint density at radius 1 is 1.10 bits per heavy atom. The molecule has 1 aliphatic rings. The molecule has 0 radical (unpaired) electrons. The number of ether oxygens (including phenoxy) is 4. The number of carbonyl (C=O) groups is 3. The van der Waals surface area contributed by atoms with Crippen LogP contribution in [-0.2, 0) is 14.3 Å². The monoisotopic (exact) mass is 400 g/mol. The van der Waals surface area contributed by atoms with Crippen LogP contribution in [-0.4, -0.2) is 44.3 Å². The van der Waals surface area contributed by atoms with Crippen LogP contribution in [0.2, 0.25) is 0 Å². The van der Waals surface area contributed by atoms with Crippen molar-refractivity contribution in [3.63, 3.8) is 0 Å². The quantitative estimate of drug-likeness (QED) is 0.681. The van der Waals surface area contributed by atoms with E-state index >= 15 is 0 Å². The van der Waals surface area contributed by atoms with Crippen LogP contribution in [0.3, 0.4) is 0 Å². The molecule has 0 bridgehead atoms. The Kier molecular flexibility index (Phi) is 6.18. The van der Waals surface area contributed by atoms with E-state index in [0.29, 0.717) is 22.9 Å². The van der Waals surface area contributed by atoms with Crippen LogP contribution in [0.25, 0.3) is 0 Å². The van der Waals surface area contributed by atoms with E-state index in [-0.39, 0.29) is 12.4 Å². The molecule has 9 heteroatoms. The third-order valence-electron chi connectivity index (χ3n) is 4.06. The van der Waals surface area contributed by atoms with Crippen LogP contribution in [0.5, 0.6) is 17.2 Å². The molecule has 29 heavy (non-hydrogen) atoms. The maximum atomic E-state index is 12.2. The fourth-order valence-electron chi connectivity index (χ4n) is 2.59. The molecule has 152 valence electrons. The van der Waals surface area contributed by atoms with Crippen LogP contribution >= 0.6 is 0 Å². The predicted molar refractivity (Wildman–Crippen MR) is 102 cm³/mol. The lowest BCUT2D eigenvalue weighted by molar-refractivity contribution is -0.152. The second-order valence-electron chi connectivity index (χ2n) is 6.07. The normalized spacial score (nSPS) is 12.6. The number of carbonyl (C=O) groups excluding carboxylic acids is 3. The van der Waals surface area contributed by atoms with E-state index in [4.69, 9.17) is 18.9 Å². The molecular formula is C20H20N2O7. The molecule has 3 rings (SSSR count). The van der Waals surface area contributed by atoms with E-state index < -0.39 is 30.4 Å². The number of hydrogen-bond donors (Lipinski definition) is 2. The lowest BCUT2D eigenvalue weighted by Gasteiger charge is -2.14. The molecular weight excluding hydrogens is 380 g/mol. The topological polar surface area (TPSA) is 112 Å². The molecule has 2 amide bonds. The van der Waals surface area contributed by atoms with Gasteiger partial charge in [-0.15, -0.1) is 0 Å². The van der Waals surface area contributed by atoms with Crippen LogP contribution in [0.4, 0.5) is 5.69 Å². The zero-order valence-electron chi connectivity index (χ0n) is 15.9. The number of benzene rings is 2. The molecule has 0 saturated carbocycles. The summed E-state index contributed by atoms with van der Waals surface area (Å²) in [6.07, 6.45) is -1.06. The Balaban J connectivity index is 1.48. The number of methoxy groups -OCH3 is 1. The third kappa shape index (κ3) is 4.95.